The zero-order valence-corrected chi connectivity index (χ0v) is 12.9. The summed E-state index contributed by atoms with van der Waals surface area (Å²) in [5.41, 5.74) is 5.44. The molecule has 1 heterocycles. The molecule has 0 aromatic heterocycles. The van der Waals surface area contributed by atoms with Gasteiger partial charge in [0.25, 0.3) is 5.91 Å². The normalized spacial score (nSPS) is 21.2. The summed E-state index contributed by atoms with van der Waals surface area (Å²) >= 11 is 0. The number of hydrogen-bond acceptors (Lipinski definition) is 4. The third-order valence-corrected chi connectivity index (χ3v) is 4.55. The average molecular weight is 304 g/mol. The van der Waals surface area contributed by atoms with Crippen molar-refractivity contribution in [2.24, 2.45) is 11.7 Å². The van der Waals surface area contributed by atoms with E-state index in [4.69, 9.17) is 5.73 Å². The maximum atomic E-state index is 12.2. The minimum absolute atomic E-state index is 0.0914. The molecule has 6 heteroatoms. The van der Waals surface area contributed by atoms with E-state index in [0.29, 0.717) is 25.9 Å². The maximum absolute atomic E-state index is 12.2. The lowest BCUT2D eigenvalue weighted by molar-refractivity contribution is -0.123. The molecule has 1 saturated heterocycles. The van der Waals surface area contributed by atoms with Gasteiger partial charge in [-0.25, -0.2) is 0 Å². The average Bonchev–Trinajstić information content (AvgIpc) is 2.53. The van der Waals surface area contributed by atoms with E-state index in [1.54, 1.807) is 6.20 Å². The number of nitrogens with zero attached hydrogens (tertiary/aromatic N) is 2. The molecule has 0 unspecified atom stereocenters. The van der Waals surface area contributed by atoms with E-state index in [-0.39, 0.29) is 29.3 Å². The van der Waals surface area contributed by atoms with Gasteiger partial charge in [0.15, 0.2) is 0 Å². The number of hydrogen-bond donors (Lipinski definition) is 2. The predicted octanol–water partition coefficient (Wildman–Crippen LogP) is 1.04. The fourth-order valence-corrected chi connectivity index (χ4v) is 3.14. The van der Waals surface area contributed by atoms with Gasteiger partial charge in [-0.1, -0.05) is 19.3 Å². The molecule has 2 fully saturated rings. The third kappa shape index (κ3) is 4.48. The summed E-state index contributed by atoms with van der Waals surface area (Å²) in [5.74, 6) is -0.642. The van der Waals surface area contributed by atoms with Gasteiger partial charge in [-0.2, -0.15) is 5.26 Å². The van der Waals surface area contributed by atoms with Crippen molar-refractivity contribution in [1.82, 2.24) is 10.2 Å². The van der Waals surface area contributed by atoms with Gasteiger partial charge in [-0.05, 0) is 25.7 Å². The van der Waals surface area contributed by atoms with Crippen LogP contribution < -0.4 is 11.1 Å². The second kappa shape index (κ2) is 7.83. The molecule has 3 N–H and O–H groups in total. The number of piperidine rings is 1. The lowest BCUT2D eigenvalue weighted by Crippen LogP contribution is -2.39. The van der Waals surface area contributed by atoms with Crippen LogP contribution in [0.25, 0.3) is 0 Å². The van der Waals surface area contributed by atoms with Gasteiger partial charge in [0.05, 0.1) is 0 Å². The second-order valence-corrected chi connectivity index (χ2v) is 6.18. The molecule has 0 spiro atoms. The van der Waals surface area contributed by atoms with E-state index in [1.165, 1.54) is 6.42 Å². The molecule has 2 amide bonds. The smallest absolute Gasteiger partial charge is 0.263 e. The first kappa shape index (κ1) is 16.3. The lowest BCUT2D eigenvalue weighted by Gasteiger charge is -2.29. The molecule has 1 saturated carbocycles. The van der Waals surface area contributed by atoms with Crippen LogP contribution in [-0.4, -0.2) is 35.8 Å². The quantitative estimate of drug-likeness (QED) is 0.598. The predicted molar refractivity (Wildman–Crippen MR) is 82.2 cm³/mol. The van der Waals surface area contributed by atoms with E-state index in [9.17, 15) is 14.9 Å². The van der Waals surface area contributed by atoms with Crippen molar-refractivity contribution >= 4 is 11.8 Å². The molecule has 1 aliphatic heterocycles. The van der Waals surface area contributed by atoms with Crippen LogP contribution in [0.15, 0.2) is 11.8 Å². The van der Waals surface area contributed by atoms with Crippen LogP contribution in [0.4, 0.5) is 0 Å². The van der Waals surface area contributed by atoms with Crippen molar-refractivity contribution in [2.45, 2.75) is 51.0 Å². The molecular weight excluding hydrogens is 280 g/mol. The minimum atomic E-state index is -0.286. The summed E-state index contributed by atoms with van der Waals surface area (Å²) in [7, 11) is 0. The SMILES string of the molecule is N#CC(=CN1CCC(C(N)=O)CC1)C(=O)NC1CCCCC1. The highest BCUT2D eigenvalue weighted by Crippen LogP contribution is 2.19. The first-order valence-electron chi connectivity index (χ1n) is 8.06. The third-order valence-electron chi connectivity index (χ3n) is 4.55. The number of amides is 2. The summed E-state index contributed by atoms with van der Waals surface area (Å²) in [6.07, 6.45) is 8.46. The number of nitriles is 1. The summed E-state index contributed by atoms with van der Waals surface area (Å²) in [4.78, 5) is 25.3. The zero-order valence-electron chi connectivity index (χ0n) is 12.9. The van der Waals surface area contributed by atoms with E-state index in [1.807, 2.05) is 11.0 Å². The van der Waals surface area contributed by atoms with E-state index < -0.39 is 0 Å². The van der Waals surface area contributed by atoms with Crippen molar-refractivity contribution in [1.29, 1.82) is 5.26 Å². The van der Waals surface area contributed by atoms with Crippen LogP contribution in [0.3, 0.4) is 0 Å². The van der Waals surface area contributed by atoms with Gasteiger partial charge < -0.3 is 16.0 Å². The summed E-state index contributed by atoms with van der Waals surface area (Å²) in [6, 6.07) is 2.18. The highest BCUT2D eigenvalue weighted by atomic mass is 16.2. The molecule has 2 rings (SSSR count). The molecule has 120 valence electrons. The van der Waals surface area contributed by atoms with Crippen molar-refractivity contribution in [3.63, 3.8) is 0 Å². The van der Waals surface area contributed by atoms with Crippen LogP contribution in [0.2, 0.25) is 0 Å². The minimum Gasteiger partial charge on any atom is -0.376 e. The molecule has 1 aliphatic carbocycles. The Morgan fingerprint density at radius 2 is 1.77 bits per heavy atom. The first-order chi connectivity index (χ1) is 10.6. The number of rotatable bonds is 4. The Labute approximate surface area is 131 Å². The molecule has 0 aromatic carbocycles. The van der Waals surface area contributed by atoms with E-state index >= 15 is 0 Å². The van der Waals surface area contributed by atoms with E-state index in [0.717, 1.165) is 25.7 Å². The molecule has 6 nitrogen and oxygen atoms in total. The zero-order chi connectivity index (χ0) is 15.9. The number of nitrogens with two attached hydrogens (primary N) is 1. The Morgan fingerprint density at radius 1 is 1.14 bits per heavy atom. The van der Waals surface area contributed by atoms with Crippen LogP contribution >= 0.6 is 0 Å². The maximum Gasteiger partial charge on any atom is 0.263 e. The van der Waals surface area contributed by atoms with Crippen molar-refractivity contribution in [2.75, 3.05) is 13.1 Å². The Kier molecular flexibility index (Phi) is 5.82. The monoisotopic (exact) mass is 304 g/mol. The van der Waals surface area contributed by atoms with Crippen molar-refractivity contribution in [3.05, 3.63) is 11.8 Å². The summed E-state index contributed by atoms with van der Waals surface area (Å²) in [5, 5.41) is 12.2. The molecule has 0 aromatic rings. The number of likely N-dealkylation sites (tertiary alicyclic amines) is 1. The van der Waals surface area contributed by atoms with Crippen LogP contribution in [0.1, 0.15) is 44.9 Å². The summed E-state index contributed by atoms with van der Waals surface area (Å²) < 4.78 is 0. The Morgan fingerprint density at radius 3 is 2.32 bits per heavy atom. The van der Waals surface area contributed by atoms with Gasteiger partial charge in [0, 0.05) is 31.2 Å². The highest BCUT2D eigenvalue weighted by molar-refractivity contribution is 5.97. The second-order valence-electron chi connectivity index (χ2n) is 6.18. The fourth-order valence-electron chi connectivity index (χ4n) is 3.14. The van der Waals surface area contributed by atoms with Gasteiger partial charge in [-0.3, -0.25) is 9.59 Å². The van der Waals surface area contributed by atoms with Crippen molar-refractivity contribution < 1.29 is 9.59 Å². The molecule has 22 heavy (non-hydrogen) atoms. The Hall–Kier alpha value is -2.03. The molecule has 0 radical (unpaired) electrons. The molecule has 0 bridgehead atoms. The van der Waals surface area contributed by atoms with Crippen LogP contribution in [0, 0.1) is 17.2 Å². The van der Waals surface area contributed by atoms with E-state index in [2.05, 4.69) is 5.32 Å². The van der Waals surface area contributed by atoms with Gasteiger partial charge in [0.1, 0.15) is 11.6 Å². The number of carbonyl (C=O) groups is 2. The highest BCUT2D eigenvalue weighted by Gasteiger charge is 2.23. The van der Waals surface area contributed by atoms with Gasteiger partial charge >= 0.3 is 0 Å². The largest absolute Gasteiger partial charge is 0.376 e. The number of nitrogens with one attached hydrogen (secondary N) is 1. The summed E-state index contributed by atoms with van der Waals surface area (Å²) in [6.45, 7) is 1.30. The fraction of sp³-hybridized carbons (Fsp3) is 0.688. The molecule has 0 atom stereocenters. The van der Waals surface area contributed by atoms with Crippen molar-refractivity contribution in [3.8, 4) is 6.07 Å². The van der Waals surface area contributed by atoms with Crippen LogP contribution in [0.5, 0.6) is 0 Å². The van der Waals surface area contributed by atoms with Crippen LogP contribution in [-0.2, 0) is 9.59 Å². The molecular formula is C16H24N4O2. The Bertz CT molecular complexity index is 481. The molecule has 2 aliphatic rings. The lowest BCUT2D eigenvalue weighted by atomic mass is 9.95. The van der Waals surface area contributed by atoms with Gasteiger partial charge in [0.2, 0.25) is 5.91 Å². The standard InChI is InChI=1S/C16H24N4O2/c17-10-13(16(22)19-14-4-2-1-3-5-14)11-20-8-6-12(7-9-20)15(18)21/h11-12,14H,1-9H2,(H2,18,21)(H,19,22). The Balaban J connectivity index is 1.89. The number of primary amides is 1. The topological polar surface area (TPSA) is 99.2 Å². The first-order valence-corrected chi connectivity index (χ1v) is 8.06. The number of carbonyl (C=O) groups excluding carboxylic acids is 2. The van der Waals surface area contributed by atoms with Gasteiger partial charge in [-0.15, -0.1) is 0 Å².